The third kappa shape index (κ3) is 1.56. The summed E-state index contributed by atoms with van der Waals surface area (Å²) in [6.07, 6.45) is 8.00. The molecule has 0 radical (unpaired) electrons. The fourth-order valence-electron chi connectivity index (χ4n) is 3.56. The Bertz CT molecular complexity index is 452. The second-order valence-electron chi connectivity index (χ2n) is 5.52. The standard InChI is InChI=1S/C16H21N/c1-12(17-2)14-11-16(9-5-6-10-16)15-8-4-3-7-13(14)15/h3-4,7-8,11-12,17H,5-6,9-10H2,1-2H3. The summed E-state index contributed by atoms with van der Waals surface area (Å²) in [5, 5.41) is 3.39. The lowest BCUT2D eigenvalue weighted by Gasteiger charge is -2.22. The lowest BCUT2D eigenvalue weighted by atomic mass is 9.81. The summed E-state index contributed by atoms with van der Waals surface area (Å²) < 4.78 is 0. The van der Waals surface area contributed by atoms with Gasteiger partial charge in [0.05, 0.1) is 0 Å². The van der Waals surface area contributed by atoms with Crippen LogP contribution in [0.15, 0.2) is 30.3 Å². The number of likely N-dealkylation sites (N-methyl/N-ethyl adjacent to an activating group) is 1. The van der Waals surface area contributed by atoms with Crippen molar-refractivity contribution in [3.63, 3.8) is 0 Å². The Morgan fingerprint density at radius 1 is 1.18 bits per heavy atom. The molecule has 1 N–H and O–H groups in total. The van der Waals surface area contributed by atoms with Crippen molar-refractivity contribution in [1.29, 1.82) is 0 Å². The molecule has 0 amide bonds. The molecule has 0 aromatic heterocycles. The summed E-state index contributed by atoms with van der Waals surface area (Å²) >= 11 is 0. The Hall–Kier alpha value is -1.08. The fraction of sp³-hybridized carbons (Fsp3) is 0.500. The highest BCUT2D eigenvalue weighted by molar-refractivity contribution is 5.79. The predicted octanol–water partition coefficient (Wildman–Crippen LogP) is 3.50. The van der Waals surface area contributed by atoms with E-state index in [0.717, 1.165) is 0 Å². The van der Waals surface area contributed by atoms with Gasteiger partial charge in [-0.3, -0.25) is 0 Å². The first-order valence-corrected chi connectivity index (χ1v) is 6.77. The van der Waals surface area contributed by atoms with Gasteiger partial charge in [-0.05, 0) is 43.5 Å². The Kier molecular flexibility index (Phi) is 2.59. The normalized spacial score (nSPS) is 22.6. The largest absolute Gasteiger partial charge is 0.313 e. The van der Waals surface area contributed by atoms with Gasteiger partial charge in [0.25, 0.3) is 0 Å². The summed E-state index contributed by atoms with van der Waals surface area (Å²) in [6, 6.07) is 9.45. The number of benzene rings is 1. The summed E-state index contributed by atoms with van der Waals surface area (Å²) in [6.45, 7) is 2.26. The molecule has 1 nitrogen and oxygen atoms in total. The van der Waals surface area contributed by atoms with Crippen LogP contribution in [0.1, 0.15) is 43.7 Å². The van der Waals surface area contributed by atoms with Gasteiger partial charge in [-0.2, -0.15) is 0 Å². The topological polar surface area (TPSA) is 12.0 Å². The van der Waals surface area contributed by atoms with Gasteiger partial charge >= 0.3 is 0 Å². The maximum Gasteiger partial charge on any atom is 0.0292 e. The van der Waals surface area contributed by atoms with Crippen LogP contribution < -0.4 is 5.32 Å². The van der Waals surface area contributed by atoms with E-state index in [4.69, 9.17) is 0 Å². The number of hydrogen-bond acceptors (Lipinski definition) is 1. The molecule has 17 heavy (non-hydrogen) atoms. The smallest absolute Gasteiger partial charge is 0.0292 e. The van der Waals surface area contributed by atoms with E-state index in [1.165, 1.54) is 36.8 Å². The molecule has 1 unspecified atom stereocenters. The molecule has 1 aromatic rings. The van der Waals surface area contributed by atoms with Crippen LogP contribution in [0.4, 0.5) is 0 Å². The zero-order chi connectivity index (χ0) is 11.9. The average Bonchev–Trinajstić information content (AvgIpc) is 2.97. The number of fused-ring (bicyclic) bond motifs is 2. The zero-order valence-corrected chi connectivity index (χ0v) is 10.8. The van der Waals surface area contributed by atoms with Crippen LogP contribution >= 0.6 is 0 Å². The van der Waals surface area contributed by atoms with E-state index in [1.54, 1.807) is 5.56 Å². The minimum Gasteiger partial charge on any atom is -0.313 e. The van der Waals surface area contributed by atoms with Crippen LogP contribution in [0.2, 0.25) is 0 Å². The van der Waals surface area contributed by atoms with Crippen LogP contribution in [0, 0.1) is 0 Å². The highest BCUT2D eigenvalue weighted by Crippen LogP contribution is 2.50. The van der Waals surface area contributed by atoms with Gasteiger partial charge in [0.15, 0.2) is 0 Å². The first kappa shape index (κ1) is 11.0. The van der Waals surface area contributed by atoms with Gasteiger partial charge in [0, 0.05) is 11.5 Å². The van der Waals surface area contributed by atoms with Gasteiger partial charge in [-0.25, -0.2) is 0 Å². The lowest BCUT2D eigenvalue weighted by molar-refractivity contribution is 0.567. The van der Waals surface area contributed by atoms with E-state index in [1.807, 2.05) is 7.05 Å². The maximum absolute atomic E-state index is 3.39. The molecule has 0 saturated heterocycles. The number of nitrogens with one attached hydrogen (secondary N) is 1. The molecular weight excluding hydrogens is 206 g/mol. The van der Waals surface area contributed by atoms with Gasteiger partial charge in [0.1, 0.15) is 0 Å². The van der Waals surface area contributed by atoms with Gasteiger partial charge in [-0.1, -0.05) is 43.2 Å². The van der Waals surface area contributed by atoms with E-state index < -0.39 is 0 Å². The highest BCUT2D eigenvalue weighted by atomic mass is 14.9. The van der Waals surface area contributed by atoms with Gasteiger partial charge in [0.2, 0.25) is 0 Å². The van der Waals surface area contributed by atoms with Crippen LogP contribution in [-0.4, -0.2) is 13.1 Å². The zero-order valence-electron chi connectivity index (χ0n) is 10.8. The van der Waals surface area contributed by atoms with Gasteiger partial charge < -0.3 is 5.32 Å². The van der Waals surface area contributed by atoms with E-state index in [2.05, 4.69) is 42.6 Å². The van der Waals surface area contributed by atoms with Crippen LogP contribution in [-0.2, 0) is 5.41 Å². The Balaban J connectivity index is 2.12. The summed E-state index contributed by atoms with van der Waals surface area (Å²) in [4.78, 5) is 0. The third-order valence-electron chi connectivity index (χ3n) is 4.60. The molecule has 1 saturated carbocycles. The fourth-order valence-corrected chi connectivity index (χ4v) is 3.56. The minimum absolute atomic E-state index is 0.372. The van der Waals surface area contributed by atoms with Crippen molar-refractivity contribution in [3.8, 4) is 0 Å². The Labute approximate surface area is 104 Å². The van der Waals surface area contributed by atoms with Crippen LogP contribution in [0.5, 0.6) is 0 Å². The molecule has 2 aliphatic carbocycles. The Morgan fingerprint density at radius 3 is 2.59 bits per heavy atom. The molecule has 1 heteroatoms. The SMILES string of the molecule is CNC(C)C1=CC2(CCCC2)c2ccccc21. The van der Waals surface area contributed by atoms with E-state index in [-0.39, 0.29) is 0 Å². The molecule has 90 valence electrons. The second-order valence-corrected chi connectivity index (χ2v) is 5.52. The summed E-state index contributed by atoms with van der Waals surface area (Å²) in [7, 11) is 2.05. The molecule has 2 aliphatic rings. The molecule has 0 bridgehead atoms. The van der Waals surface area contributed by atoms with Crippen molar-refractivity contribution in [2.24, 2.45) is 0 Å². The molecule has 1 fully saturated rings. The molecule has 0 aliphatic heterocycles. The van der Waals surface area contributed by atoms with Crippen molar-refractivity contribution < 1.29 is 0 Å². The molecule has 0 heterocycles. The van der Waals surface area contributed by atoms with Crippen molar-refractivity contribution in [2.75, 3.05) is 7.05 Å². The molecule has 3 rings (SSSR count). The lowest BCUT2D eigenvalue weighted by Crippen LogP contribution is -2.22. The predicted molar refractivity (Wildman–Crippen MR) is 73.1 cm³/mol. The van der Waals surface area contributed by atoms with E-state index >= 15 is 0 Å². The van der Waals surface area contributed by atoms with Crippen molar-refractivity contribution in [3.05, 3.63) is 41.5 Å². The molecule has 1 spiro atoms. The van der Waals surface area contributed by atoms with E-state index in [9.17, 15) is 0 Å². The van der Waals surface area contributed by atoms with Crippen LogP contribution in [0.25, 0.3) is 5.57 Å². The van der Waals surface area contributed by atoms with Crippen molar-refractivity contribution in [1.82, 2.24) is 5.32 Å². The third-order valence-corrected chi connectivity index (χ3v) is 4.60. The number of hydrogen-bond donors (Lipinski definition) is 1. The quantitative estimate of drug-likeness (QED) is 0.815. The summed E-state index contributed by atoms with van der Waals surface area (Å²) in [5.41, 5.74) is 4.94. The average molecular weight is 227 g/mol. The van der Waals surface area contributed by atoms with E-state index in [0.29, 0.717) is 11.5 Å². The van der Waals surface area contributed by atoms with Crippen molar-refractivity contribution in [2.45, 2.75) is 44.1 Å². The maximum atomic E-state index is 3.39. The highest BCUT2D eigenvalue weighted by Gasteiger charge is 2.40. The first-order chi connectivity index (χ1) is 8.27. The Morgan fingerprint density at radius 2 is 1.88 bits per heavy atom. The molecule has 1 atom stereocenters. The van der Waals surface area contributed by atoms with Crippen LogP contribution in [0.3, 0.4) is 0 Å². The van der Waals surface area contributed by atoms with Gasteiger partial charge in [-0.15, -0.1) is 0 Å². The number of allylic oxidation sites excluding steroid dienone is 1. The molecular formula is C16H21N. The first-order valence-electron chi connectivity index (χ1n) is 6.77. The number of rotatable bonds is 2. The molecule has 1 aromatic carbocycles. The monoisotopic (exact) mass is 227 g/mol. The summed E-state index contributed by atoms with van der Waals surface area (Å²) in [5.74, 6) is 0. The minimum atomic E-state index is 0.372. The second kappa shape index (κ2) is 3.99. The van der Waals surface area contributed by atoms with Crippen molar-refractivity contribution >= 4 is 5.57 Å².